The number of esters is 1. The Balaban J connectivity index is 2.95. The highest BCUT2D eigenvalue weighted by Crippen LogP contribution is 2.43. The van der Waals surface area contributed by atoms with E-state index in [4.69, 9.17) is 4.74 Å². The molecule has 80 valence electrons. The van der Waals surface area contributed by atoms with Gasteiger partial charge in [0, 0.05) is 5.41 Å². The van der Waals surface area contributed by atoms with Crippen molar-refractivity contribution in [3.05, 3.63) is 12.7 Å². The SMILES string of the molecule is C=CC[C@]1(C)CCNC1(C)C(=O)OC. The van der Waals surface area contributed by atoms with Gasteiger partial charge in [-0.05, 0) is 26.3 Å². The molecule has 1 fully saturated rings. The standard InChI is InChI=1S/C11H19NO2/c1-5-6-10(2)7-8-12-11(10,3)9(13)14-4/h5,12H,1,6-8H2,2-4H3/t10-,11?/m1/s1. The van der Waals surface area contributed by atoms with Crippen LogP contribution in [0.1, 0.15) is 26.7 Å². The van der Waals surface area contributed by atoms with Crippen molar-refractivity contribution >= 4 is 5.97 Å². The molecule has 0 aromatic rings. The summed E-state index contributed by atoms with van der Waals surface area (Å²) < 4.78 is 4.84. The van der Waals surface area contributed by atoms with Crippen LogP contribution in [-0.4, -0.2) is 25.2 Å². The molecule has 0 saturated carbocycles. The first kappa shape index (κ1) is 11.2. The second-order valence-corrected chi connectivity index (χ2v) is 4.35. The van der Waals surface area contributed by atoms with Gasteiger partial charge in [-0.25, -0.2) is 0 Å². The number of ether oxygens (including phenoxy) is 1. The van der Waals surface area contributed by atoms with Crippen LogP contribution in [0.5, 0.6) is 0 Å². The highest BCUT2D eigenvalue weighted by Gasteiger charge is 2.53. The summed E-state index contributed by atoms with van der Waals surface area (Å²) in [4.78, 5) is 11.7. The van der Waals surface area contributed by atoms with Gasteiger partial charge in [-0.15, -0.1) is 6.58 Å². The van der Waals surface area contributed by atoms with Gasteiger partial charge in [0.25, 0.3) is 0 Å². The summed E-state index contributed by atoms with van der Waals surface area (Å²) >= 11 is 0. The van der Waals surface area contributed by atoms with E-state index in [2.05, 4.69) is 18.8 Å². The van der Waals surface area contributed by atoms with Crippen LogP contribution in [0.25, 0.3) is 0 Å². The van der Waals surface area contributed by atoms with Crippen LogP contribution in [0.3, 0.4) is 0 Å². The molecule has 0 aromatic heterocycles. The van der Waals surface area contributed by atoms with Gasteiger partial charge < -0.3 is 10.1 Å². The Labute approximate surface area is 85.5 Å². The number of carbonyl (C=O) groups excluding carboxylic acids is 1. The number of allylic oxidation sites excluding steroid dienone is 1. The molecule has 0 spiro atoms. The fraction of sp³-hybridized carbons (Fsp3) is 0.727. The topological polar surface area (TPSA) is 38.3 Å². The van der Waals surface area contributed by atoms with Crippen molar-refractivity contribution < 1.29 is 9.53 Å². The molecule has 3 heteroatoms. The maximum Gasteiger partial charge on any atom is 0.326 e. The van der Waals surface area contributed by atoms with Crippen molar-refractivity contribution in [3.8, 4) is 0 Å². The van der Waals surface area contributed by atoms with E-state index in [9.17, 15) is 4.79 Å². The van der Waals surface area contributed by atoms with E-state index in [0.29, 0.717) is 0 Å². The molecule has 3 nitrogen and oxygen atoms in total. The Bertz CT molecular complexity index is 252. The average molecular weight is 197 g/mol. The Morgan fingerprint density at radius 2 is 2.29 bits per heavy atom. The highest BCUT2D eigenvalue weighted by atomic mass is 16.5. The Morgan fingerprint density at radius 3 is 2.79 bits per heavy atom. The predicted molar refractivity (Wildman–Crippen MR) is 56.0 cm³/mol. The Morgan fingerprint density at radius 1 is 1.64 bits per heavy atom. The molecule has 2 atom stereocenters. The van der Waals surface area contributed by atoms with E-state index in [-0.39, 0.29) is 11.4 Å². The fourth-order valence-corrected chi connectivity index (χ4v) is 2.20. The van der Waals surface area contributed by atoms with Gasteiger partial charge in [-0.3, -0.25) is 4.79 Å². The normalized spacial score (nSPS) is 36.8. The van der Waals surface area contributed by atoms with Crippen molar-refractivity contribution in [2.24, 2.45) is 5.41 Å². The number of hydrogen-bond acceptors (Lipinski definition) is 3. The maximum atomic E-state index is 11.7. The minimum Gasteiger partial charge on any atom is -0.468 e. The molecule has 1 aliphatic heterocycles. The van der Waals surface area contributed by atoms with Crippen molar-refractivity contribution in [3.63, 3.8) is 0 Å². The lowest BCUT2D eigenvalue weighted by Crippen LogP contribution is -2.54. The lowest BCUT2D eigenvalue weighted by Gasteiger charge is -2.37. The summed E-state index contributed by atoms with van der Waals surface area (Å²) in [6.45, 7) is 8.61. The van der Waals surface area contributed by atoms with Crippen molar-refractivity contribution in [1.82, 2.24) is 5.32 Å². The average Bonchev–Trinajstić information content (AvgIpc) is 2.44. The van der Waals surface area contributed by atoms with Gasteiger partial charge in [0.2, 0.25) is 0 Å². The summed E-state index contributed by atoms with van der Waals surface area (Å²) in [5, 5.41) is 3.24. The third-order valence-electron chi connectivity index (χ3n) is 3.55. The lowest BCUT2D eigenvalue weighted by atomic mass is 9.70. The largest absolute Gasteiger partial charge is 0.468 e. The number of nitrogens with one attached hydrogen (secondary N) is 1. The number of rotatable bonds is 3. The van der Waals surface area contributed by atoms with E-state index in [1.807, 2.05) is 13.0 Å². The summed E-state index contributed by atoms with van der Waals surface area (Å²) in [7, 11) is 1.43. The smallest absolute Gasteiger partial charge is 0.326 e. The van der Waals surface area contributed by atoms with Crippen molar-refractivity contribution in [2.75, 3.05) is 13.7 Å². The molecule has 0 bridgehead atoms. The zero-order valence-corrected chi connectivity index (χ0v) is 9.22. The monoisotopic (exact) mass is 197 g/mol. The van der Waals surface area contributed by atoms with Crippen LogP contribution >= 0.6 is 0 Å². The molecule has 14 heavy (non-hydrogen) atoms. The third-order valence-corrected chi connectivity index (χ3v) is 3.55. The summed E-state index contributed by atoms with van der Waals surface area (Å²) in [6, 6.07) is 0. The van der Waals surface area contributed by atoms with E-state index in [1.165, 1.54) is 7.11 Å². The van der Waals surface area contributed by atoms with Gasteiger partial charge in [0.05, 0.1) is 7.11 Å². The van der Waals surface area contributed by atoms with Crippen LogP contribution in [0.15, 0.2) is 12.7 Å². The minimum atomic E-state index is -0.573. The summed E-state index contributed by atoms with van der Waals surface area (Å²) in [6.07, 6.45) is 3.67. The third kappa shape index (κ3) is 1.46. The summed E-state index contributed by atoms with van der Waals surface area (Å²) in [5.41, 5.74) is -0.655. The van der Waals surface area contributed by atoms with E-state index in [1.54, 1.807) is 0 Å². The van der Waals surface area contributed by atoms with Gasteiger partial charge in [-0.2, -0.15) is 0 Å². The second-order valence-electron chi connectivity index (χ2n) is 4.35. The second kappa shape index (κ2) is 3.73. The van der Waals surface area contributed by atoms with Crippen LogP contribution < -0.4 is 5.32 Å². The first-order chi connectivity index (χ1) is 6.50. The molecule has 1 unspecified atom stereocenters. The zero-order valence-electron chi connectivity index (χ0n) is 9.22. The van der Waals surface area contributed by atoms with Crippen LogP contribution in [0, 0.1) is 5.41 Å². The first-order valence-electron chi connectivity index (χ1n) is 4.94. The minimum absolute atomic E-state index is 0.0815. The van der Waals surface area contributed by atoms with Crippen molar-refractivity contribution in [1.29, 1.82) is 0 Å². The molecule has 1 rings (SSSR count). The van der Waals surface area contributed by atoms with E-state index < -0.39 is 5.54 Å². The molecule has 0 aliphatic carbocycles. The quantitative estimate of drug-likeness (QED) is 0.550. The molecule has 1 saturated heterocycles. The molecule has 0 amide bonds. The van der Waals surface area contributed by atoms with Crippen LogP contribution in [0.2, 0.25) is 0 Å². The van der Waals surface area contributed by atoms with Crippen LogP contribution in [0.4, 0.5) is 0 Å². The summed E-state index contributed by atoms with van der Waals surface area (Å²) in [5.74, 6) is -0.181. The number of methoxy groups -OCH3 is 1. The molecular weight excluding hydrogens is 178 g/mol. The van der Waals surface area contributed by atoms with E-state index >= 15 is 0 Å². The Kier molecular flexibility index (Phi) is 3.00. The fourth-order valence-electron chi connectivity index (χ4n) is 2.20. The predicted octanol–water partition coefficient (Wildman–Crippen LogP) is 1.49. The molecule has 1 heterocycles. The zero-order chi connectivity index (χ0) is 10.8. The lowest BCUT2D eigenvalue weighted by molar-refractivity contribution is -0.151. The van der Waals surface area contributed by atoms with Gasteiger partial charge in [-0.1, -0.05) is 13.0 Å². The molecular formula is C11H19NO2. The maximum absolute atomic E-state index is 11.7. The Hall–Kier alpha value is -0.830. The van der Waals surface area contributed by atoms with Gasteiger partial charge in [0.15, 0.2) is 0 Å². The van der Waals surface area contributed by atoms with E-state index in [0.717, 1.165) is 19.4 Å². The first-order valence-corrected chi connectivity index (χ1v) is 4.94. The number of hydrogen-bond donors (Lipinski definition) is 1. The molecule has 1 aliphatic rings. The molecule has 1 N–H and O–H groups in total. The van der Waals surface area contributed by atoms with Gasteiger partial charge in [0.1, 0.15) is 5.54 Å². The highest BCUT2D eigenvalue weighted by molar-refractivity contribution is 5.82. The van der Waals surface area contributed by atoms with Crippen molar-refractivity contribution in [2.45, 2.75) is 32.2 Å². The molecule has 0 aromatic carbocycles. The molecule has 0 radical (unpaired) electrons. The van der Waals surface area contributed by atoms with Crippen LogP contribution in [-0.2, 0) is 9.53 Å². The number of carbonyl (C=O) groups is 1. The van der Waals surface area contributed by atoms with Gasteiger partial charge >= 0.3 is 5.97 Å².